The van der Waals surface area contributed by atoms with Gasteiger partial charge in [0.25, 0.3) is 0 Å². The molecule has 0 atom stereocenters. The van der Waals surface area contributed by atoms with E-state index >= 15 is 0 Å². The van der Waals surface area contributed by atoms with E-state index in [1.54, 1.807) is 12.0 Å². The highest BCUT2D eigenvalue weighted by atomic mass is 16.5. The Morgan fingerprint density at radius 3 is 2.65 bits per heavy atom. The molecule has 0 fully saturated rings. The maximum Gasteiger partial charge on any atom is 0.231 e. The van der Waals surface area contributed by atoms with Crippen LogP contribution in [-0.2, 0) is 4.74 Å². The highest BCUT2D eigenvalue weighted by Crippen LogP contribution is 2.08. The van der Waals surface area contributed by atoms with Crippen LogP contribution in [0.4, 0.5) is 17.8 Å². The molecule has 7 nitrogen and oxygen atoms in total. The molecule has 0 bridgehead atoms. The van der Waals surface area contributed by atoms with Crippen molar-refractivity contribution in [1.29, 1.82) is 0 Å². The van der Waals surface area contributed by atoms with Crippen molar-refractivity contribution in [1.82, 2.24) is 15.0 Å². The first-order valence-electron chi connectivity index (χ1n) is 5.55. The van der Waals surface area contributed by atoms with Crippen LogP contribution >= 0.6 is 0 Å². The maximum absolute atomic E-state index is 5.60. The van der Waals surface area contributed by atoms with Gasteiger partial charge in [0.2, 0.25) is 17.8 Å². The molecule has 1 rings (SSSR count). The number of unbranched alkanes of at least 4 members (excludes halogenated alkanes) is 1. The number of hydrogen-bond donors (Lipinski definition) is 2. The first kappa shape index (κ1) is 13.4. The minimum absolute atomic E-state index is 0.225. The minimum Gasteiger partial charge on any atom is -0.385 e. The van der Waals surface area contributed by atoms with Gasteiger partial charge in [-0.2, -0.15) is 15.0 Å². The molecular weight excluding hydrogens is 220 g/mol. The molecule has 0 amide bonds. The molecule has 7 heteroatoms. The third kappa shape index (κ3) is 4.81. The number of nitrogens with two attached hydrogens (primary N) is 1. The van der Waals surface area contributed by atoms with Gasteiger partial charge in [0.15, 0.2) is 0 Å². The highest BCUT2D eigenvalue weighted by Gasteiger charge is 2.05. The molecule has 0 saturated carbocycles. The molecule has 3 N–H and O–H groups in total. The van der Waals surface area contributed by atoms with Crippen molar-refractivity contribution < 1.29 is 4.74 Å². The van der Waals surface area contributed by atoms with Crippen LogP contribution in [0, 0.1) is 0 Å². The van der Waals surface area contributed by atoms with Crippen LogP contribution in [0.15, 0.2) is 0 Å². The zero-order valence-electron chi connectivity index (χ0n) is 10.6. The molecule has 0 spiro atoms. The largest absolute Gasteiger partial charge is 0.385 e. The number of aromatic nitrogens is 3. The SMILES string of the molecule is COCCCCNc1nc(N)nc(N(C)C)n1. The summed E-state index contributed by atoms with van der Waals surface area (Å²) in [7, 11) is 5.41. The summed E-state index contributed by atoms with van der Waals surface area (Å²) in [5.74, 6) is 1.29. The first-order valence-corrected chi connectivity index (χ1v) is 5.55. The van der Waals surface area contributed by atoms with E-state index in [0.717, 1.165) is 26.0 Å². The van der Waals surface area contributed by atoms with Crippen molar-refractivity contribution in [2.75, 3.05) is 50.3 Å². The Morgan fingerprint density at radius 1 is 1.24 bits per heavy atom. The van der Waals surface area contributed by atoms with E-state index in [0.29, 0.717) is 11.9 Å². The zero-order valence-corrected chi connectivity index (χ0v) is 10.6. The van der Waals surface area contributed by atoms with Gasteiger partial charge in [-0.15, -0.1) is 0 Å². The van der Waals surface area contributed by atoms with E-state index in [2.05, 4.69) is 20.3 Å². The predicted molar refractivity (Wildman–Crippen MR) is 68.2 cm³/mol. The third-order valence-corrected chi connectivity index (χ3v) is 2.10. The van der Waals surface area contributed by atoms with Crippen molar-refractivity contribution in [3.63, 3.8) is 0 Å². The van der Waals surface area contributed by atoms with Crippen molar-refractivity contribution in [2.24, 2.45) is 0 Å². The van der Waals surface area contributed by atoms with Gasteiger partial charge in [-0.05, 0) is 12.8 Å². The summed E-state index contributed by atoms with van der Waals surface area (Å²) in [5, 5.41) is 3.12. The van der Waals surface area contributed by atoms with E-state index in [4.69, 9.17) is 10.5 Å². The fourth-order valence-electron chi connectivity index (χ4n) is 1.23. The summed E-state index contributed by atoms with van der Waals surface area (Å²) in [6.45, 7) is 1.56. The fourth-order valence-corrected chi connectivity index (χ4v) is 1.23. The van der Waals surface area contributed by atoms with E-state index < -0.39 is 0 Å². The standard InChI is InChI=1S/C10H20N6O/c1-16(2)10-14-8(11)13-9(15-10)12-6-4-5-7-17-3/h4-7H2,1-3H3,(H3,11,12,13,14,15). The molecule has 0 radical (unpaired) electrons. The normalized spacial score (nSPS) is 10.3. The number of ether oxygens (including phenoxy) is 1. The average molecular weight is 240 g/mol. The lowest BCUT2D eigenvalue weighted by Gasteiger charge is -2.12. The Balaban J connectivity index is 2.47. The van der Waals surface area contributed by atoms with E-state index in [1.807, 2.05) is 14.1 Å². The maximum atomic E-state index is 5.60. The van der Waals surface area contributed by atoms with Crippen LogP contribution < -0.4 is 16.0 Å². The molecule has 1 aromatic rings. The molecule has 0 aliphatic carbocycles. The zero-order chi connectivity index (χ0) is 12.7. The number of rotatable bonds is 7. The van der Waals surface area contributed by atoms with Crippen LogP contribution in [0.25, 0.3) is 0 Å². The van der Waals surface area contributed by atoms with Crippen molar-refractivity contribution in [3.8, 4) is 0 Å². The number of nitrogens with zero attached hydrogens (tertiary/aromatic N) is 4. The lowest BCUT2D eigenvalue weighted by Crippen LogP contribution is -2.16. The summed E-state index contributed by atoms with van der Waals surface area (Å²) >= 11 is 0. The van der Waals surface area contributed by atoms with Crippen LogP contribution in [0.2, 0.25) is 0 Å². The highest BCUT2D eigenvalue weighted by molar-refractivity contribution is 5.40. The second-order valence-electron chi connectivity index (χ2n) is 3.84. The second-order valence-corrected chi connectivity index (χ2v) is 3.84. The van der Waals surface area contributed by atoms with Crippen LogP contribution in [-0.4, -0.2) is 49.3 Å². The van der Waals surface area contributed by atoms with Crippen molar-refractivity contribution >= 4 is 17.8 Å². The number of nitrogen functional groups attached to an aromatic ring is 1. The van der Waals surface area contributed by atoms with Gasteiger partial charge >= 0.3 is 0 Å². The van der Waals surface area contributed by atoms with E-state index in [1.165, 1.54) is 0 Å². The molecular formula is C10H20N6O. The molecule has 0 aliphatic heterocycles. The molecule has 0 aliphatic rings. The molecule has 1 aromatic heterocycles. The Hall–Kier alpha value is -1.63. The Morgan fingerprint density at radius 2 is 2.00 bits per heavy atom. The molecule has 17 heavy (non-hydrogen) atoms. The third-order valence-electron chi connectivity index (χ3n) is 2.10. The van der Waals surface area contributed by atoms with Gasteiger partial charge in [-0.25, -0.2) is 0 Å². The Kier molecular flexibility index (Phi) is 5.41. The lowest BCUT2D eigenvalue weighted by atomic mass is 10.3. The van der Waals surface area contributed by atoms with Crippen LogP contribution in [0.3, 0.4) is 0 Å². The van der Waals surface area contributed by atoms with Gasteiger partial charge in [0.1, 0.15) is 0 Å². The molecule has 0 aromatic carbocycles. The molecule has 96 valence electrons. The summed E-state index contributed by atoms with van der Waals surface area (Å²) in [4.78, 5) is 14.1. The lowest BCUT2D eigenvalue weighted by molar-refractivity contribution is 0.193. The van der Waals surface area contributed by atoms with Crippen LogP contribution in [0.5, 0.6) is 0 Å². The number of anilines is 3. The molecule has 0 unspecified atom stereocenters. The van der Waals surface area contributed by atoms with Gasteiger partial charge in [0.05, 0.1) is 0 Å². The van der Waals surface area contributed by atoms with Gasteiger partial charge < -0.3 is 20.7 Å². The van der Waals surface area contributed by atoms with Gasteiger partial charge in [0, 0.05) is 34.4 Å². The Labute approximate surface area is 101 Å². The number of hydrogen-bond acceptors (Lipinski definition) is 7. The number of methoxy groups -OCH3 is 1. The topological polar surface area (TPSA) is 89.2 Å². The first-order chi connectivity index (χ1) is 8.13. The quantitative estimate of drug-likeness (QED) is 0.665. The average Bonchev–Trinajstić information content (AvgIpc) is 2.28. The Bertz CT molecular complexity index is 344. The van der Waals surface area contributed by atoms with Gasteiger partial charge in [-0.3, -0.25) is 0 Å². The second kappa shape index (κ2) is 6.85. The number of nitrogens with one attached hydrogen (secondary N) is 1. The summed E-state index contributed by atoms with van der Waals surface area (Å²) < 4.78 is 4.97. The van der Waals surface area contributed by atoms with Gasteiger partial charge in [-0.1, -0.05) is 0 Å². The van der Waals surface area contributed by atoms with Crippen LogP contribution in [0.1, 0.15) is 12.8 Å². The molecule has 1 heterocycles. The molecule has 0 saturated heterocycles. The van der Waals surface area contributed by atoms with E-state index in [-0.39, 0.29) is 5.95 Å². The van der Waals surface area contributed by atoms with Crippen molar-refractivity contribution in [3.05, 3.63) is 0 Å². The smallest absolute Gasteiger partial charge is 0.231 e. The summed E-state index contributed by atoms with van der Waals surface area (Å²) in [6, 6.07) is 0. The fraction of sp³-hybridized carbons (Fsp3) is 0.700. The summed E-state index contributed by atoms with van der Waals surface area (Å²) in [6.07, 6.45) is 2.00. The summed E-state index contributed by atoms with van der Waals surface area (Å²) in [5.41, 5.74) is 5.60. The minimum atomic E-state index is 0.225. The predicted octanol–water partition coefficient (Wildman–Crippen LogP) is 0.358. The van der Waals surface area contributed by atoms with E-state index in [9.17, 15) is 0 Å². The van der Waals surface area contributed by atoms with Crippen molar-refractivity contribution in [2.45, 2.75) is 12.8 Å². The monoisotopic (exact) mass is 240 g/mol.